The van der Waals surface area contributed by atoms with Gasteiger partial charge in [0.25, 0.3) is 11.8 Å². The lowest BCUT2D eigenvalue weighted by atomic mass is 10.0. The molecule has 3 aromatic rings. The van der Waals surface area contributed by atoms with Crippen molar-refractivity contribution in [3.63, 3.8) is 0 Å². The van der Waals surface area contributed by atoms with Crippen molar-refractivity contribution in [3.8, 4) is 11.5 Å². The summed E-state index contributed by atoms with van der Waals surface area (Å²) in [4.78, 5) is 27.9. The molecular weight excluding hydrogens is 392 g/mol. The number of nitrogens with zero attached hydrogens (tertiary/aromatic N) is 1. The van der Waals surface area contributed by atoms with Gasteiger partial charge in [-0.2, -0.15) is 0 Å². The van der Waals surface area contributed by atoms with Crippen LogP contribution in [0.25, 0.3) is 16.3 Å². The van der Waals surface area contributed by atoms with Crippen LogP contribution in [-0.2, 0) is 9.59 Å². The highest BCUT2D eigenvalue weighted by atomic mass is 16.5. The third-order valence-corrected chi connectivity index (χ3v) is 5.35. The molecule has 6 nitrogen and oxygen atoms in total. The van der Waals surface area contributed by atoms with Gasteiger partial charge in [-0.1, -0.05) is 42.5 Å². The zero-order valence-electron chi connectivity index (χ0n) is 17.9. The van der Waals surface area contributed by atoms with Gasteiger partial charge < -0.3 is 14.8 Å². The van der Waals surface area contributed by atoms with E-state index in [-0.39, 0.29) is 23.6 Å². The van der Waals surface area contributed by atoms with Crippen molar-refractivity contribution >= 4 is 33.8 Å². The Kier molecular flexibility index (Phi) is 5.38. The summed E-state index contributed by atoms with van der Waals surface area (Å²) in [5.74, 6) is 0.348. The van der Waals surface area contributed by atoms with Crippen LogP contribution in [0.4, 0.5) is 5.69 Å². The van der Waals surface area contributed by atoms with Crippen molar-refractivity contribution < 1.29 is 19.1 Å². The summed E-state index contributed by atoms with van der Waals surface area (Å²) in [5.41, 5.74) is 1.91. The maximum Gasteiger partial charge on any atom is 0.278 e. The molecule has 0 fully saturated rings. The number of hydrogen-bond acceptors (Lipinski definition) is 5. The summed E-state index contributed by atoms with van der Waals surface area (Å²) in [6.45, 7) is 3.64. The SMILES string of the molecule is COc1ccc(C2=C(Nc3cccc4ccccc34)C(=O)N(C(C)C)C2=O)cc1OC. The summed E-state index contributed by atoms with van der Waals surface area (Å²) in [6, 6.07) is 18.7. The maximum absolute atomic E-state index is 13.3. The number of rotatable bonds is 6. The van der Waals surface area contributed by atoms with E-state index in [1.54, 1.807) is 25.3 Å². The van der Waals surface area contributed by atoms with Gasteiger partial charge in [-0.3, -0.25) is 14.5 Å². The molecule has 1 N–H and O–H groups in total. The fourth-order valence-electron chi connectivity index (χ4n) is 3.86. The molecule has 0 bridgehead atoms. The summed E-state index contributed by atoms with van der Waals surface area (Å²) in [6.07, 6.45) is 0. The van der Waals surface area contributed by atoms with E-state index in [9.17, 15) is 9.59 Å². The first-order chi connectivity index (χ1) is 15.0. The third kappa shape index (κ3) is 3.50. The molecule has 1 aliphatic heterocycles. The van der Waals surface area contributed by atoms with Crippen molar-refractivity contribution in [2.75, 3.05) is 19.5 Å². The van der Waals surface area contributed by atoms with Gasteiger partial charge in [0.15, 0.2) is 11.5 Å². The second-order valence-corrected chi connectivity index (χ2v) is 7.55. The van der Waals surface area contributed by atoms with Crippen LogP contribution in [0.5, 0.6) is 11.5 Å². The Labute approximate surface area is 181 Å². The summed E-state index contributed by atoms with van der Waals surface area (Å²) in [5, 5.41) is 5.26. The molecule has 2 amide bonds. The summed E-state index contributed by atoms with van der Waals surface area (Å²) in [7, 11) is 3.09. The lowest BCUT2D eigenvalue weighted by molar-refractivity contribution is -0.138. The van der Waals surface area contributed by atoms with Crippen molar-refractivity contribution in [2.45, 2.75) is 19.9 Å². The minimum Gasteiger partial charge on any atom is -0.493 e. The van der Waals surface area contributed by atoms with E-state index in [1.165, 1.54) is 12.0 Å². The van der Waals surface area contributed by atoms with Crippen molar-refractivity contribution in [1.82, 2.24) is 4.90 Å². The molecule has 0 aliphatic carbocycles. The molecule has 1 aliphatic rings. The molecule has 31 heavy (non-hydrogen) atoms. The first-order valence-electron chi connectivity index (χ1n) is 10.1. The Morgan fingerprint density at radius 1 is 0.839 bits per heavy atom. The van der Waals surface area contributed by atoms with Gasteiger partial charge in [0.05, 0.1) is 19.8 Å². The Bertz CT molecular complexity index is 1210. The van der Waals surface area contributed by atoms with Crippen LogP contribution in [0.1, 0.15) is 19.4 Å². The number of carbonyl (C=O) groups is 2. The van der Waals surface area contributed by atoms with Crippen LogP contribution in [0, 0.1) is 0 Å². The smallest absolute Gasteiger partial charge is 0.278 e. The highest BCUT2D eigenvalue weighted by Crippen LogP contribution is 2.37. The van der Waals surface area contributed by atoms with Crippen LogP contribution in [-0.4, -0.2) is 37.0 Å². The van der Waals surface area contributed by atoms with E-state index >= 15 is 0 Å². The first kappa shape index (κ1) is 20.5. The Morgan fingerprint density at radius 2 is 1.55 bits per heavy atom. The van der Waals surface area contributed by atoms with E-state index in [1.807, 2.05) is 56.3 Å². The standard InChI is InChI=1S/C25H24N2O4/c1-15(2)27-24(28)22(17-12-13-20(30-3)21(14-17)31-4)23(25(27)29)26-19-11-7-9-16-8-5-6-10-18(16)19/h5-15,26H,1-4H3. The molecule has 0 aromatic heterocycles. The molecule has 0 atom stereocenters. The summed E-state index contributed by atoms with van der Waals surface area (Å²) >= 11 is 0. The van der Waals surface area contributed by atoms with Gasteiger partial charge in [-0.25, -0.2) is 0 Å². The zero-order chi connectivity index (χ0) is 22.1. The van der Waals surface area contributed by atoms with Gasteiger partial charge in [0.1, 0.15) is 5.70 Å². The fourth-order valence-corrected chi connectivity index (χ4v) is 3.86. The number of hydrogen-bond donors (Lipinski definition) is 1. The van der Waals surface area contributed by atoms with E-state index in [4.69, 9.17) is 9.47 Å². The van der Waals surface area contributed by atoms with Gasteiger partial charge in [-0.05, 0) is 43.0 Å². The molecule has 6 heteroatoms. The van der Waals surface area contributed by atoms with E-state index in [0.29, 0.717) is 22.6 Å². The second kappa shape index (κ2) is 8.14. The molecule has 4 rings (SSSR count). The van der Waals surface area contributed by atoms with E-state index in [0.717, 1.165) is 16.5 Å². The molecule has 0 radical (unpaired) electrons. The predicted octanol–water partition coefficient (Wildman–Crippen LogP) is 4.46. The number of methoxy groups -OCH3 is 2. The highest BCUT2D eigenvalue weighted by molar-refractivity contribution is 6.37. The second-order valence-electron chi connectivity index (χ2n) is 7.55. The van der Waals surface area contributed by atoms with Crippen molar-refractivity contribution in [3.05, 3.63) is 71.9 Å². The lowest BCUT2D eigenvalue weighted by Crippen LogP contribution is -2.38. The lowest BCUT2D eigenvalue weighted by Gasteiger charge is -2.19. The molecule has 0 unspecified atom stereocenters. The van der Waals surface area contributed by atoms with Crippen molar-refractivity contribution in [2.24, 2.45) is 0 Å². The number of nitrogens with one attached hydrogen (secondary N) is 1. The largest absolute Gasteiger partial charge is 0.493 e. The highest BCUT2D eigenvalue weighted by Gasteiger charge is 2.41. The Hall–Kier alpha value is -3.80. The molecular formula is C25H24N2O4. The Morgan fingerprint density at radius 3 is 2.26 bits per heavy atom. The van der Waals surface area contributed by atoms with Crippen LogP contribution in [0.2, 0.25) is 0 Å². The van der Waals surface area contributed by atoms with Gasteiger partial charge in [0.2, 0.25) is 0 Å². The number of anilines is 1. The number of fused-ring (bicyclic) bond motifs is 1. The molecule has 3 aromatic carbocycles. The van der Waals surface area contributed by atoms with E-state index in [2.05, 4.69) is 5.32 Å². The summed E-state index contributed by atoms with van der Waals surface area (Å²) < 4.78 is 10.7. The molecule has 0 saturated carbocycles. The number of imide groups is 1. The van der Waals surface area contributed by atoms with Crippen LogP contribution < -0.4 is 14.8 Å². The first-order valence-corrected chi connectivity index (χ1v) is 10.1. The third-order valence-electron chi connectivity index (χ3n) is 5.35. The maximum atomic E-state index is 13.3. The van der Waals surface area contributed by atoms with E-state index < -0.39 is 0 Å². The average Bonchev–Trinajstić information content (AvgIpc) is 3.02. The van der Waals surface area contributed by atoms with Crippen LogP contribution in [0.3, 0.4) is 0 Å². The Balaban J connectivity index is 1.88. The minimum atomic E-state index is -0.349. The average molecular weight is 416 g/mol. The molecule has 0 saturated heterocycles. The number of carbonyl (C=O) groups excluding carboxylic acids is 2. The quantitative estimate of drug-likeness (QED) is 0.601. The van der Waals surface area contributed by atoms with Crippen LogP contribution in [0.15, 0.2) is 66.4 Å². The number of amides is 2. The fraction of sp³-hybridized carbons (Fsp3) is 0.200. The van der Waals surface area contributed by atoms with Crippen LogP contribution >= 0.6 is 0 Å². The predicted molar refractivity (Wildman–Crippen MR) is 121 cm³/mol. The zero-order valence-corrected chi connectivity index (χ0v) is 17.9. The van der Waals surface area contributed by atoms with Gasteiger partial charge >= 0.3 is 0 Å². The normalized spacial score (nSPS) is 14.0. The number of ether oxygens (including phenoxy) is 2. The van der Waals surface area contributed by atoms with Gasteiger partial charge in [-0.15, -0.1) is 0 Å². The van der Waals surface area contributed by atoms with Crippen molar-refractivity contribution in [1.29, 1.82) is 0 Å². The topological polar surface area (TPSA) is 67.9 Å². The monoisotopic (exact) mass is 416 g/mol. The minimum absolute atomic E-state index is 0.252. The molecule has 0 spiro atoms. The number of benzene rings is 3. The molecule has 158 valence electrons. The van der Waals surface area contributed by atoms with Gasteiger partial charge in [0, 0.05) is 17.1 Å². The molecule has 1 heterocycles.